The lowest BCUT2D eigenvalue weighted by Crippen LogP contribution is -2.48. The molecule has 1 aromatic carbocycles. The van der Waals surface area contributed by atoms with Crippen molar-refractivity contribution >= 4 is 18.3 Å². The fraction of sp³-hybridized carbons (Fsp3) is 0.526. The van der Waals surface area contributed by atoms with Gasteiger partial charge in [-0.25, -0.2) is 4.68 Å². The molecule has 26 heavy (non-hydrogen) atoms. The fourth-order valence-corrected chi connectivity index (χ4v) is 4.13. The summed E-state index contributed by atoms with van der Waals surface area (Å²) in [5.41, 5.74) is 3.36. The number of halogens is 1. The first kappa shape index (κ1) is 18.9. The second kappa shape index (κ2) is 7.37. The zero-order valence-corrected chi connectivity index (χ0v) is 16.3. The van der Waals surface area contributed by atoms with Crippen molar-refractivity contribution in [2.75, 3.05) is 7.05 Å². The van der Waals surface area contributed by atoms with Crippen LogP contribution in [0.4, 0.5) is 0 Å². The smallest absolute Gasteiger partial charge is 0.276 e. The van der Waals surface area contributed by atoms with Gasteiger partial charge in [-0.05, 0) is 51.7 Å². The Hall–Kier alpha value is -1.92. The van der Waals surface area contributed by atoms with Gasteiger partial charge in [-0.15, -0.1) is 17.5 Å². The molecule has 2 aliphatic heterocycles. The van der Waals surface area contributed by atoms with Crippen molar-refractivity contribution in [3.8, 4) is 5.69 Å². The Morgan fingerprint density at radius 2 is 1.77 bits per heavy atom. The zero-order chi connectivity index (χ0) is 17.6. The summed E-state index contributed by atoms with van der Waals surface area (Å²) in [4.78, 5) is 14.9. The lowest BCUT2D eigenvalue weighted by Gasteiger charge is -2.35. The highest BCUT2D eigenvalue weighted by atomic mass is 35.5. The van der Waals surface area contributed by atoms with Crippen molar-refractivity contribution < 1.29 is 4.79 Å². The molecule has 0 spiro atoms. The van der Waals surface area contributed by atoms with Gasteiger partial charge in [0.2, 0.25) is 0 Å². The molecule has 2 saturated heterocycles. The lowest BCUT2D eigenvalue weighted by atomic mass is 9.98. The molecular weight excluding hydrogens is 350 g/mol. The van der Waals surface area contributed by atoms with Crippen LogP contribution in [0, 0.1) is 13.8 Å². The van der Waals surface area contributed by atoms with Gasteiger partial charge in [-0.2, -0.15) is 0 Å². The third-order valence-corrected chi connectivity index (χ3v) is 5.69. The van der Waals surface area contributed by atoms with Crippen molar-refractivity contribution in [2.24, 2.45) is 0 Å². The highest BCUT2D eigenvalue weighted by Crippen LogP contribution is 2.30. The summed E-state index contributed by atoms with van der Waals surface area (Å²) in [6.45, 7) is 3.96. The number of piperidine rings is 1. The summed E-state index contributed by atoms with van der Waals surface area (Å²) in [7, 11) is 1.90. The van der Waals surface area contributed by atoms with Crippen molar-refractivity contribution in [3.05, 3.63) is 41.2 Å². The molecule has 1 amide bonds. The van der Waals surface area contributed by atoms with Crippen LogP contribution in [0.3, 0.4) is 0 Å². The molecular formula is C19H26ClN5O. The average molecular weight is 376 g/mol. The van der Waals surface area contributed by atoms with Crippen molar-refractivity contribution in [3.63, 3.8) is 0 Å². The van der Waals surface area contributed by atoms with Crippen LogP contribution >= 0.6 is 12.4 Å². The quantitative estimate of drug-likeness (QED) is 0.895. The standard InChI is InChI=1S/C19H25N5O.ClH/c1-12-4-8-16(9-5-12)24-13(2)18(21-22-24)19(25)23(3)17-10-14-6-7-15(11-17)20-14;/h4-5,8-9,14-15,17,20H,6-7,10-11H2,1-3H3;1H. The van der Waals surface area contributed by atoms with E-state index in [4.69, 9.17) is 0 Å². The number of hydrogen-bond donors (Lipinski definition) is 1. The predicted molar refractivity (Wildman–Crippen MR) is 103 cm³/mol. The molecule has 2 bridgehead atoms. The number of rotatable bonds is 3. The minimum atomic E-state index is -0.0258. The van der Waals surface area contributed by atoms with Crippen LogP contribution in [0.1, 0.15) is 47.4 Å². The molecule has 4 rings (SSSR count). The Morgan fingerprint density at radius 3 is 2.38 bits per heavy atom. The van der Waals surface area contributed by atoms with Gasteiger partial charge >= 0.3 is 0 Å². The first-order valence-corrected chi connectivity index (χ1v) is 9.05. The van der Waals surface area contributed by atoms with Crippen LogP contribution in [-0.4, -0.2) is 51.0 Å². The summed E-state index contributed by atoms with van der Waals surface area (Å²) < 4.78 is 1.74. The maximum absolute atomic E-state index is 13.0. The first-order valence-electron chi connectivity index (χ1n) is 9.05. The zero-order valence-electron chi connectivity index (χ0n) is 15.5. The molecule has 6 nitrogen and oxygen atoms in total. The molecule has 2 atom stereocenters. The molecule has 0 aliphatic carbocycles. The normalized spacial score (nSPS) is 24.2. The molecule has 7 heteroatoms. The Labute approximate surface area is 160 Å². The Bertz CT molecular complexity index is 776. The number of carbonyl (C=O) groups is 1. The van der Waals surface area contributed by atoms with E-state index >= 15 is 0 Å². The number of aromatic nitrogens is 3. The van der Waals surface area contributed by atoms with E-state index in [0.29, 0.717) is 17.8 Å². The van der Waals surface area contributed by atoms with Gasteiger partial charge in [0, 0.05) is 25.2 Å². The van der Waals surface area contributed by atoms with Crippen LogP contribution in [0.5, 0.6) is 0 Å². The van der Waals surface area contributed by atoms with E-state index in [9.17, 15) is 4.79 Å². The molecule has 2 aromatic rings. The highest BCUT2D eigenvalue weighted by Gasteiger charge is 2.37. The predicted octanol–water partition coefficient (Wildman–Crippen LogP) is 2.66. The van der Waals surface area contributed by atoms with Crippen LogP contribution in [0.2, 0.25) is 0 Å². The second-order valence-electron chi connectivity index (χ2n) is 7.45. The summed E-state index contributed by atoms with van der Waals surface area (Å²) in [5, 5.41) is 12.0. The first-order chi connectivity index (χ1) is 12.0. The number of amides is 1. The van der Waals surface area contributed by atoms with E-state index in [1.807, 2.05) is 50.1 Å². The molecule has 3 heterocycles. The fourth-order valence-electron chi connectivity index (χ4n) is 4.13. The van der Waals surface area contributed by atoms with E-state index in [1.54, 1.807) is 4.68 Å². The van der Waals surface area contributed by atoms with Crippen LogP contribution < -0.4 is 5.32 Å². The van der Waals surface area contributed by atoms with Gasteiger partial charge in [-0.3, -0.25) is 4.79 Å². The molecule has 0 radical (unpaired) electrons. The number of benzene rings is 1. The largest absolute Gasteiger partial charge is 0.337 e. The van der Waals surface area contributed by atoms with Gasteiger partial charge in [0.25, 0.3) is 5.91 Å². The number of hydrogen-bond acceptors (Lipinski definition) is 4. The van der Waals surface area contributed by atoms with E-state index in [2.05, 4.69) is 15.6 Å². The number of aryl methyl sites for hydroxylation is 1. The molecule has 0 saturated carbocycles. The van der Waals surface area contributed by atoms with Gasteiger partial charge in [0.05, 0.1) is 11.4 Å². The third kappa shape index (κ3) is 3.35. The third-order valence-electron chi connectivity index (χ3n) is 5.69. The number of nitrogens with one attached hydrogen (secondary N) is 1. The number of fused-ring (bicyclic) bond motifs is 2. The molecule has 1 N–H and O–H groups in total. The summed E-state index contributed by atoms with van der Waals surface area (Å²) in [6.07, 6.45) is 4.52. The molecule has 140 valence electrons. The maximum atomic E-state index is 13.0. The lowest BCUT2D eigenvalue weighted by molar-refractivity contribution is 0.0675. The Morgan fingerprint density at radius 1 is 1.15 bits per heavy atom. The van der Waals surface area contributed by atoms with Crippen molar-refractivity contribution in [2.45, 2.75) is 57.7 Å². The van der Waals surface area contributed by atoms with Gasteiger partial charge < -0.3 is 10.2 Å². The van der Waals surface area contributed by atoms with E-state index in [1.165, 1.54) is 18.4 Å². The minimum Gasteiger partial charge on any atom is -0.337 e. The molecule has 2 aliphatic rings. The van der Waals surface area contributed by atoms with Crippen molar-refractivity contribution in [1.29, 1.82) is 0 Å². The average Bonchev–Trinajstić information content (AvgIpc) is 3.16. The Kier molecular flexibility index (Phi) is 5.34. The summed E-state index contributed by atoms with van der Waals surface area (Å²) in [5.74, 6) is -0.0258. The highest BCUT2D eigenvalue weighted by molar-refractivity contribution is 5.93. The number of nitrogens with zero attached hydrogens (tertiary/aromatic N) is 4. The SMILES string of the molecule is Cc1ccc(-n2nnc(C(=O)N(C)C3CC4CCC(C3)N4)c2C)cc1.Cl. The van der Waals surface area contributed by atoms with E-state index in [0.717, 1.165) is 24.2 Å². The summed E-state index contributed by atoms with van der Waals surface area (Å²) >= 11 is 0. The van der Waals surface area contributed by atoms with Crippen molar-refractivity contribution in [1.82, 2.24) is 25.2 Å². The van der Waals surface area contributed by atoms with Crippen LogP contribution in [-0.2, 0) is 0 Å². The summed E-state index contributed by atoms with van der Waals surface area (Å²) in [6, 6.07) is 9.48. The number of carbonyl (C=O) groups excluding carboxylic acids is 1. The monoisotopic (exact) mass is 375 g/mol. The van der Waals surface area contributed by atoms with Gasteiger partial charge in [0.15, 0.2) is 5.69 Å². The molecule has 2 unspecified atom stereocenters. The molecule has 1 aromatic heterocycles. The van der Waals surface area contributed by atoms with Crippen LogP contribution in [0.25, 0.3) is 5.69 Å². The van der Waals surface area contributed by atoms with E-state index in [-0.39, 0.29) is 24.4 Å². The minimum absolute atomic E-state index is 0. The topological polar surface area (TPSA) is 63.1 Å². The molecule has 2 fully saturated rings. The maximum Gasteiger partial charge on any atom is 0.276 e. The van der Waals surface area contributed by atoms with E-state index < -0.39 is 0 Å². The second-order valence-corrected chi connectivity index (χ2v) is 7.45. The van der Waals surface area contributed by atoms with Gasteiger partial charge in [0.1, 0.15) is 0 Å². The Balaban J connectivity index is 0.00000196. The van der Waals surface area contributed by atoms with Crippen LogP contribution in [0.15, 0.2) is 24.3 Å². The van der Waals surface area contributed by atoms with Gasteiger partial charge in [-0.1, -0.05) is 22.9 Å².